The summed E-state index contributed by atoms with van der Waals surface area (Å²) < 4.78 is 0. The Bertz CT molecular complexity index is 1030. The number of anilines is 1. The van der Waals surface area contributed by atoms with Crippen LogP contribution in [0.25, 0.3) is 0 Å². The van der Waals surface area contributed by atoms with E-state index < -0.39 is 5.92 Å². The second-order valence-electron chi connectivity index (χ2n) is 7.66. The fourth-order valence-corrected chi connectivity index (χ4v) is 5.41. The number of amides is 2. The van der Waals surface area contributed by atoms with Crippen LogP contribution in [0.5, 0.6) is 0 Å². The van der Waals surface area contributed by atoms with E-state index >= 15 is 0 Å². The van der Waals surface area contributed by atoms with E-state index in [4.69, 9.17) is 0 Å². The summed E-state index contributed by atoms with van der Waals surface area (Å²) in [6, 6.07) is 11.1. The number of carbonyl (C=O) groups is 2. The monoisotopic (exact) mass is 425 g/mol. The molecule has 0 radical (unpaired) electrons. The molecule has 1 aliphatic heterocycles. The molecule has 0 aliphatic carbocycles. The fraction of sp³-hybridized carbons (Fsp3) is 0.318. The molecule has 3 aromatic rings. The molecule has 1 N–H and O–H groups in total. The topological polar surface area (TPSA) is 62.3 Å². The first-order valence-electron chi connectivity index (χ1n) is 9.62. The van der Waals surface area contributed by atoms with Gasteiger partial charge in [-0.25, -0.2) is 4.98 Å². The summed E-state index contributed by atoms with van der Waals surface area (Å²) in [4.78, 5) is 34.2. The van der Waals surface area contributed by atoms with E-state index in [9.17, 15) is 9.59 Å². The maximum atomic E-state index is 13.5. The third kappa shape index (κ3) is 3.84. The Balaban J connectivity index is 1.82. The molecule has 0 spiro atoms. The first-order chi connectivity index (χ1) is 14.0. The van der Waals surface area contributed by atoms with Crippen molar-refractivity contribution in [2.75, 3.05) is 11.9 Å². The van der Waals surface area contributed by atoms with Crippen LogP contribution in [-0.4, -0.2) is 28.2 Å². The highest BCUT2D eigenvalue weighted by Gasteiger charge is 2.44. The minimum atomic E-state index is -0.495. The third-order valence-corrected chi connectivity index (χ3v) is 6.79. The SMILES string of the molecule is Cc1csc(NC(=O)[C@H]2c3ccccc3C(=O)N(CC(C)C)[C@H]2c2cccs2)n1. The van der Waals surface area contributed by atoms with Crippen molar-refractivity contribution in [3.05, 3.63) is 68.9 Å². The highest BCUT2D eigenvalue weighted by atomic mass is 32.1. The van der Waals surface area contributed by atoms with E-state index in [1.54, 1.807) is 11.3 Å². The van der Waals surface area contributed by atoms with Gasteiger partial charge in [0.2, 0.25) is 5.91 Å². The van der Waals surface area contributed by atoms with Crippen molar-refractivity contribution in [2.24, 2.45) is 5.92 Å². The number of fused-ring (bicyclic) bond motifs is 1. The number of rotatable bonds is 5. The van der Waals surface area contributed by atoms with Gasteiger partial charge in [0.05, 0.1) is 17.7 Å². The van der Waals surface area contributed by atoms with Crippen LogP contribution < -0.4 is 5.32 Å². The molecule has 0 bridgehead atoms. The first-order valence-corrected chi connectivity index (χ1v) is 11.4. The predicted molar refractivity (Wildman–Crippen MR) is 118 cm³/mol. The van der Waals surface area contributed by atoms with Gasteiger partial charge in [0.15, 0.2) is 5.13 Å². The zero-order chi connectivity index (χ0) is 20.5. The summed E-state index contributed by atoms with van der Waals surface area (Å²) in [6.45, 7) is 6.68. The Morgan fingerprint density at radius 2 is 2.00 bits per heavy atom. The van der Waals surface area contributed by atoms with Crippen molar-refractivity contribution >= 4 is 39.6 Å². The van der Waals surface area contributed by atoms with E-state index in [-0.39, 0.29) is 23.8 Å². The lowest BCUT2D eigenvalue weighted by Crippen LogP contribution is -2.47. The number of thiazole rings is 1. The number of nitrogens with one attached hydrogen (secondary N) is 1. The van der Waals surface area contributed by atoms with Crippen LogP contribution >= 0.6 is 22.7 Å². The maximum Gasteiger partial charge on any atom is 0.254 e. The number of aryl methyl sites for hydroxylation is 1. The second-order valence-corrected chi connectivity index (χ2v) is 9.50. The minimum absolute atomic E-state index is 0.0122. The van der Waals surface area contributed by atoms with Crippen molar-refractivity contribution in [3.63, 3.8) is 0 Å². The van der Waals surface area contributed by atoms with Crippen molar-refractivity contribution in [1.82, 2.24) is 9.88 Å². The molecule has 1 aromatic carbocycles. The molecular formula is C22H23N3O2S2. The van der Waals surface area contributed by atoms with Gasteiger partial charge in [0.1, 0.15) is 0 Å². The summed E-state index contributed by atoms with van der Waals surface area (Å²) in [5, 5.41) is 7.48. The average molecular weight is 426 g/mol. The Labute approximate surface area is 178 Å². The van der Waals surface area contributed by atoms with Crippen LogP contribution in [0.4, 0.5) is 5.13 Å². The molecule has 29 heavy (non-hydrogen) atoms. The highest BCUT2D eigenvalue weighted by Crippen LogP contribution is 2.45. The van der Waals surface area contributed by atoms with E-state index in [0.717, 1.165) is 16.1 Å². The van der Waals surface area contributed by atoms with Gasteiger partial charge in [0, 0.05) is 22.4 Å². The van der Waals surface area contributed by atoms with Gasteiger partial charge in [-0.15, -0.1) is 22.7 Å². The smallest absolute Gasteiger partial charge is 0.254 e. The van der Waals surface area contributed by atoms with Crippen LogP contribution in [0.3, 0.4) is 0 Å². The maximum absolute atomic E-state index is 13.5. The number of hydrogen-bond acceptors (Lipinski definition) is 5. The molecule has 2 atom stereocenters. The standard InChI is InChI=1S/C22H23N3O2S2/c1-13(2)11-25-19(17-9-6-10-28-17)18(15-7-4-5-8-16(15)21(25)27)20(26)24-22-23-14(3)12-29-22/h4-10,12-13,18-19H,11H2,1-3H3,(H,23,24,26)/t18-,19-/m0/s1. The van der Waals surface area contributed by atoms with Crippen LogP contribution in [0.1, 0.15) is 52.3 Å². The lowest BCUT2D eigenvalue weighted by atomic mass is 9.81. The van der Waals surface area contributed by atoms with E-state index in [1.165, 1.54) is 11.3 Å². The Morgan fingerprint density at radius 1 is 1.21 bits per heavy atom. The van der Waals surface area contributed by atoms with E-state index in [1.807, 2.05) is 59.0 Å². The number of benzene rings is 1. The summed E-state index contributed by atoms with van der Waals surface area (Å²) in [6.07, 6.45) is 0. The number of thiophene rings is 1. The van der Waals surface area contributed by atoms with E-state index in [2.05, 4.69) is 24.1 Å². The number of aromatic nitrogens is 1. The zero-order valence-corrected chi connectivity index (χ0v) is 18.2. The number of nitrogens with zero attached hydrogens (tertiary/aromatic N) is 2. The van der Waals surface area contributed by atoms with Crippen molar-refractivity contribution in [1.29, 1.82) is 0 Å². The van der Waals surface area contributed by atoms with Gasteiger partial charge >= 0.3 is 0 Å². The molecule has 0 fully saturated rings. The Hall–Kier alpha value is -2.51. The molecule has 2 amide bonds. The molecule has 2 aromatic heterocycles. The number of hydrogen-bond donors (Lipinski definition) is 1. The molecular weight excluding hydrogens is 402 g/mol. The second kappa shape index (κ2) is 8.08. The van der Waals surface area contributed by atoms with Crippen LogP contribution in [0, 0.1) is 12.8 Å². The molecule has 0 unspecified atom stereocenters. The Kier molecular flexibility index (Phi) is 5.52. The predicted octanol–water partition coefficient (Wildman–Crippen LogP) is 5.09. The largest absolute Gasteiger partial charge is 0.329 e. The van der Waals surface area contributed by atoms with Gasteiger partial charge < -0.3 is 10.2 Å². The summed E-state index contributed by atoms with van der Waals surface area (Å²) >= 11 is 2.99. The van der Waals surface area contributed by atoms with Crippen LogP contribution in [-0.2, 0) is 4.79 Å². The van der Waals surface area contributed by atoms with Crippen LogP contribution in [0.2, 0.25) is 0 Å². The van der Waals surface area contributed by atoms with Crippen molar-refractivity contribution < 1.29 is 9.59 Å². The summed E-state index contributed by atoms with van der Waals surface area (Å²) in [5.41, 5.74) is 2.26. The molecule has 7 heteroatoms. The molecule has 0 saturated heterocycles. The van der Waals surface area contributed by atoms with Gasteiger partial charge in [-0.2, -0.15) is 0 Å². The molecule has 150 valence electrons. The van der Waals surface area contributed by atoms with Gasteiger partial charge in [-0.1, -0.05) is 38.1 Å². The highest BCUT2D eigenvalue weighted by molar-refractivity contribution is 7.14. The fourth-order valence-electron chi connectivity index (χ4n) is 3.84. The normalized spacial score (nSPS) is 18.8. The average Bonchev–Trinajstić information content (AvgIpc) is 3.35. The molecule has 4 rings (SSSR count). The summed E-state index contributed by atoms with van der Waals surface area (Å²) in [7, 11) is 0. The van der Waals surface area contributed by atoms with Gasteiger partial charge in [-0.05, 0) is 35.9 Å². The third-order valence-electron chi connectivity index (χ3n) is 4.97. The van der Waals surface area contributed by atoms with E-state index in [0.29, 0.717) is 17.2 Å². The first kappa shape index (κ1) is 19.8. The van der Waals surface area contributed by atoms with Crippen LogP contribution in [0.15, 0.2) is 47.2 Å². The molecule has 5 nitrogen and oxygen atoms in total. The minimum Gasteiger partial charge on any atom is -0.329 e. The molecule has 1 aliphatic rings. The number of carbonyl (C=O) groups excluding carboxylic acids is 2. The van der Waals surface area contributed by atoms with Gasteiger partial charge in [-0.3, -0.25) is 9.59 Å². The lowest BCUT2D eigenvalue weighted by molar-refractivity contribution is -0.119. The van der Waals surface area contributed by atoms with Crippen molar-refractivity contribution in [2.45, 2.75) is 32.7 Å². The Morgan fingerprint density at radius 3 is 2.66 bits per heavy atom. The molecule has 3 heterocycles. The molecule has 0 saturated carbocycles. The summed E-state index contributed by atoms with van der Waals surface area (Å²) in [5.74, 6) is -0.351. The van der Waals surface area contributed by atoms with Gasteiger partial charge in [0.25, 0.3) is 5.91 Å². The zero-order valence-electron chi connectivity index (χ0n) is 16.6. The van der Waals surface area contributed by atoms with Crippen molar-refractivity contribution in [3.8, 4) is 0 Å². The lowest BCUT2D eigenvalue weighted by Gasteiger charge is -2.41. The quantitative estimate of drug-likeness (QED) is 0.619.